The number of hydrogen-bond donors (Lipinski definition) is 2. The van der Waals surface area contributed by atoms with Crippen molar-refractivity contribution in [3.8, 4) is 0 Å². The molecule has 0 spiro atoms. The number of carbonyl (C=O) groups is 2. The number of rotatable bonds is 2. The fraction of sp³-hybridized carbons (Fsp3) is 0.619. The molecule has 0 aliphatic heterocycles. The topological polar surface area (TPSA) is 66.4 Å². The second kappa shape index (κ2) is 30.2. The first kappa shape index (κ1) is 34.6. The number of carbonyl (C=O) groups excluding carboxylic acids is 1. The highest BCUT2D eigenvalue weighted by atomic mass is 16.4. The summed E-state index contributed by atoms with van der Waals surface area (Å²) >= 11 is 0. The van der Waals surface area contributed by atoms with E-state index in [1.54, 1.807) is 0 Å². The van der Waals surface area contributed by atoms with Crippen molar-refractivity contribution in [3.05, 3.63) is 34.4 Å². The van der Waals surface area contributed by atoms with Gasteiger partial charge in [0.2, 0.25) is 0 Å². The van der Waals surface area contributed by atoms with Crippen LogP contribution in [0.1, 0.15) is 70.7 Å². The molecule has 150 valence electrons. The molecule has 0 amide bonds. The Morgan fingerprint density at radius 3 is 1.40 bits per heavy atom. The van der Waals surface area contributed by atoms with Crippen LogP contribution in [-0.4, -0.2) is 31.5 Å². The minimum absolute atomic E-state index is 0.113. The zero-order valence-corrected chi connectivity index (χ0v) is 18.7. The molecule has 1 aromatic rings. The standard InChI is InChI=1S/C11H14O2.C2H7N.C2H4O.3C2H6/c1-7-4-10(6-11(12)13)5-8(2)9(7)3;1-3-2;1-2-3;3*1-2/h4-5H,6H2,1-3H3,(H,12,13);3H,1-2H3;2H,1H3;3*1-2H3. The van der Waals surface area contributed by atoms with E-state index in [9.17, 15) is 4.79 Å². The average molecular weight is 358 g/mol. The molecule has 4 heteroatoms. The molecule has 0 aliphatic carbocycles. The Balaban J connectivity index is -0.0000000930. The van der Waals surface area contributed by atoms with Gasteiger partial charge in [-0.3, -0.25) is 4.79 Å². The van der Waals surface area contributed by atoms with E-state index in [-0.39, 0.29) is 6.42 Å². The molecule has 0 atom stereocenters. The van der Waals surface area contributed by atoms with Crippen molar-refractivity contribution in [1.82, 2.24) is 5.32 Å². The quantitative estimate of drug-likeness (QED) is 0.699. The van der Waals surface area contributed by atoms with Gasteiger partial charge in [-0.1, -0.05) is 53.7 Å². The third-order valence-electron chi connectivity index (χ3n) is 2.34. The maximum absolute atomic E-state index is 10.5. The Morgan fingerprint density at radius 1 is 0.960 bits per heavy atom. The SMILES string of the molecule is CC.CC.CC.CC=O.CNC.Cc1cc(CC(=O)O)cc(C)c1C. The first-order valence-electron chi connectivity index (χ1n) is 9.10. The van der Waals surface area contributed by atoms with Crippen molar-refractivity contribution in [1.29, 1.82) is 0 Å². The first-order chi connectivity index (χ1) is 11.8. The first-order valence-corrected chi connectivity index (χ1v) is 9.10. The fourth-order valence-corrected chi connectivity index (χ4v) is 1.40. The number of benzene rings is 1. The lowest BCUT2D eigenvalue weighted by molar-refractivity contribution is -0.136. The van der Waals surface area contributed by atoms with E-state index in [1.807, 2.05) is 81.6 Å². The van der Waals surface area contributed by atoms with Gasteiger partial charge in [0, 0.05) is 0 Å². The maximum Gasteiger partial charge on any atom is 0.307 e. The van der Waals surface area contributed by atoms with Crippen molar-refractivity contribution >= 4 is 12.3 Å². The van der Waals surface area contributed by atoms with E-state index in [0.717, 1.165) is 23.0 Å². The third kappa shape index (κ3) is 27.5. The second-order valence-corrected chi connectivity index (χ2v) is 4.16. The van der Waals surface area contributed by atoms with Gasteiger partial charge in [0.05, 0.1) is 6.42 Å². The smallest absolute Gasteiger partial charge is 0.307 e. The number of carboxylic acid groups (broad SMARTS) is 1. The lowest BCUT2D eigenvalue weighted by atomic mass is 9.99. The summed E-state index contributed by atoms with van der Waals surface area (Å²) in [5.74, 6) is -0.775. The molecule has 0 bridgehead atoms. The van der Waals surface area contributed by atoms with Crippen LogP contribution in [-0.2, 0) is 16.0 Å². The van der Waals surface area contributed by atoms with E-state index < -0.39 is 5.97 Å². The normalized spacial score (nSPS) is 7.20. The summed E-state index contributed by atoms with van der Waals surface area (Å²) in [5.41, 5.74) is 4.45. The monoisotopic (exact) mass is 357 g/mol. The number of nitrogens with one attached hydrogen (secondary N) is 1. The van der Waals surface area contributed by atoms with Gasteiger partial charge in [-0.2, -0.15) is 0 Å². The second-order valence-electron chi connectivity index (χ2n) is 4.16. The summed E-state index contributed by atoms with van der Waals surface area (Å²) in [6.45, 7) is 19.5. The Bertz CT molecular complexity index is 379. The van der Waals surface area contributed by atoms with Crippen molar-refractivity contribution < 1.29 is 14.7 Å². The lowest BCUT2D eigenvalue weighted by Crippen LogP contribution is -2.01. The third-order valence-corrected chi connectivity index (χ3v) is 2.34. The maximum atomic E-state index is 10.5. The molecule has 0 heterocycles. The average Bonchev–Trinajstić information content (AvgIpc) is 2.59. The highest BCUT2D eigenvalue weighted by Crippen LogP contribution is 2.15. The zero-order valence-electron chi connectivity index (χ0n) is 18.7. The Labute approximate surface area is 157 Å². The largest absolute Gasteiger partial charge is 0.481 e. The van der Waals surface area contributed by atoms with Crippen LogP contribution in [0.5, 0.6) is 0 Å². The summed E-state index contributed by atoms with van der Waals surface area (Å²) in [6, 6.07) is 3.88. The Morgan fingerprint density at radius 2 is 1.20 bits per heavy atom. The van der Waals surface area contributed by atoms with Crippen LogP contribution in [0.25, 0.3) is 0 Å². The van der Waals surface area contributed by atoms with Gasteiger partial charge in [0.1, 0.15) is 6.29 Å². The van der Waals surface area contributed by atoms with E-state index in [4.69, 9.17) is 9.90 Å². The van der Waals surface area contributed by atoms with Crippen LogP contribution < -0.4 is 5.32 Å². The van der Waals surface area contributed by atoms with Gasteiger partial charge in [-0.25, -0.2) is 0 Å². The fourth-order valence-electron chi connectivity index (χ4n) is 1.40. The minimum Gasteiger partial charge on any atom is -0.481 e. The lowest BCUT2D eigenvalue weighted by Gasteiger charge is -2.07. The minimum atomic E-state index is -0.775. The summed E-state index contributed by atoms with van der Waals surface area (Å²) in [4.78, 5) is 19.3. The molecule has 0 aliphatic rings. The van der Waals surface area contributed by atoms with E-state index in [2.05, 4.69) is 12.2 Å². The Kier molecular flexibility index (Phi) is 41.9. The van der Waals surface area contributed by atoms with Gasteiger partial charge < -0.3 is 15.2 Å². The number of aryl methyl sites for hydroxylation is 2. The van der Waals surface area contributed by atoms with Gasteiger partial charge >= 0.3 is 5.97 Å². The summed E-state index contributed by atoms with van der Waals surface area (Å²) in [7, 11) is 3.75. The molecule has 0 aromatic heterocycles. The highest BCUT2D eigenvalue weighted by molar-refractivity contribution is 5.70. The van der Waals surface area contributed by atoms with Crippen LogP contribution in [0, 0.1) is 20.8 Å². The Hall–Kier alpha value is -1.68. The van der Waals surface area contributed by atoms with Gasteiger partial charge in [0.25, 0.3) is 0 Å². The van der Waals surface area contributed by atoms with Crippen LogP contribution in [0.3, 0.4) is 0 Å². The van der Waals surface area contributed by atoms with Gasteiger partial charge in [-0.15, -0.1) is 0 Å². The van der Waals surface area contributed by atoms with Crippen LogP contribution in [0.2, 0.25) is 0 Å². The number of carboxylic acids is 1. The van der Waals surface area contributed by atoms with Crippen molar-refractivity contribution in [2.24, 2.45) is 0 Å². The molecule has 0 fully saturated rings. The van der Waals surface area contributed by atoms with Gasteiger partial charge in [-0.05, 0) is 64.0 Å². The summed E-state index contributed by atoms with van der Waals surface area (Å²) < 4.78 is 0. The molecule has 0 saturated heterocycles. The zero-order chi connectivity index (χ0) is 21.4. The molecule has 1 rings (SSSR count). The number of hydrogen-bond acceptors (Lipinski definition) is 3. The van der Waals surface area contributed by atoms with E-state index in [1.165, 1.54) is 12.5 Å². The van der Waals surface area contributed by atoms with Crippen molar-refractivity contribution in [3.63, 3.8) is 0 Å². The molecular weight excluding hydrogens is 314 g/mol. The van der Waals surface area contributed by atoms with Crippen molar-refractivity contribution in [2.75, 3.05) is 14.1 Å². The molecule has 0 unspecified atom stereocenters. The molecular formula is C21H43NO3. The van der Waals surface area contributed by atoms with Crippen LogP contribution in [0.15, 0.2) is 12.1 Å². The number of aldehydes is 1. The van der Waals surface area contributed by atoms with Crippen LogP contribution in [0.4, 0.5) is 0 Å². The molecule has 25 heavy (non-hydrogen) atoms. The molecule has 0 saturated carbocycles. The predicted octanol–water partition coefficient (Wildman–Crippen LogP) is 5.36. The summed E-state index contributed by atoms with van der Waals surface area (Å²) in [6.07, 6.45) is 0.863. The molecule has 0 radical (unpaired) electrons. The van der Waals surface area contributed by atoms with Crippen molar-refractivity contribution in [2.45, 2.75) is 75.7 Å². The highest BCUT2D eigenvalue weighted by Gasteiger charge is 2.04. The molecule has 4 nitrogen and oxygen atoms in total. The predicted molar refractivity (Wildman–Crippen MR) is 113 cm³/mol. The number of aliphatic carboxylic acids is 1. The molecule has 1 aromatic carbocycles. The summed E-state index contributed by atoms with van der Waals surface area (Å²) in [5, 5.41) is 11.4. The van der Waals surface area contributed by atoms with E-state index in [0.29, 0.717) is 0 Å². The van der Waals surface area contributed by atoms with Crippen LogP contribution >= 0.6 is 0 Å². The van der Waals surface area contributed by atoms with Gasteiger partial charge in [0.15, 0.2) is 0 Å². The molecule has 2 N–H and O–H groups in total. The van der Waals surface area contributed by atoms with E-state index >= 15 is 0 Å².